The van der Waals surface area contributed by atoms with E-state index in [2.05, 4.69) is 25.1 Å². The molecule has 3 nitrogen and oxygen atoms in total. The predicted octanol–water partition coefficient (Wildman–Crippen LogP) is 4.35. The van der Waals surface area contributed by atoms with E-state index in [9.17, 15) is 9.59 Å². The molecule has 0 bridgehead atoms. The molecule has 5 heteroatoms. The molecule has 1 heterocycles. The lowest BCUT2D eigenvalue weighted by atomic mass is 9.71. The van der Waals surface area contributed by atoms with Gasteiger partial charge in [-0.1, -0.05) is 31.2 Å². The fourth-order valence-corrected chi connectivity index (χ4v) is 8.48. The molecular weight excluding hydrogens is 364 g/mol. The van der Waals surface area contributed by atoms with Gasteiger partial charge in [-0.2, -0.15) is 0 Å². The maximum atomic E-state index is 13.5. The second kappa shape index (κ2) is 7.08. The summed E-state index contributed by atoms with van der Waals surface area (Å²) in [5.41, 5.74) is 4.59. The first-order valence-electron chi connectivity index (χ1n) is 9.42. The van der Waals surface area contributed by atoms with Crippen LogP contribution in [0.2, 0.25) is 0 Å². The third kappa shape index (κ3) is 2.66. The predicted molar refractivity (Wildman–Crippen MR) is 108 cm³/mol. The van der Waals surface area contributed by atoms with E-state index < -0.39 is 0 Å². The molecule has 2 atom stereocenters. The number of hydrogen-bond donors (Lipinski definition) is 0. The van der Waals surface area contributed by atoms with Crippen LogP contribution in [0.4, 0.5) is 0 Å². The number of ketones is 1. The van der Waals surface area contributed by atoms with Crippen molar-refractivity contribution in [1.29, 1.82) is 0 Å². The zero-order valence-corrected chi connectivity index (χ0v) is 16.9. The Balaban J connectivity index is 1.83. The van der Waals surface area contributed by atoms with E-state index in [0.717, 1.165) is 35.5 Å². The molecule has 1 fully saturated rings. The van der Waals surface area contributed by atoms with E-state index >= 15 is 0 Å². The van der Waals surface area contributed by atoms with Gasteiger partial charge in [-0.05, 0) is 36.5 Å². The van der Waals surface area contributed by atoms with E-state index in [1.165, 1.54) is 11.1 Å². The van der Waals surface area contributed by atoms with Gasteiger partial charge in [0.15, 0.2) is 5.78 Å². The highest BCUT2D eigenvalue weighted by molar-refractivity contribution is 8.21. The van der Waals surface area contributed by atoms with E-state index in [1.54, 1.807) is 0 Å². The number of esters is 1. The maximum absolute atomic E-state index is 13.5. The third-order valence-electron chi connectivity index (χ3n) is 5.78. The van der Waals surface area contributed by atoms with Crippen molar-refractivity contribution in [2.75, 3.05) is 18.1 Å². The van der Waals surface area contributed by atoms with E-state index in [0.29, 0.717) is 13.0 Å². The Kier molecular flexibility index (Phi) is 4.95. The largest absolute Gasteiger partial charge is 0.466 e. The molecular formula is C21H24O3S2. The van der Waals surface area contributed by atoms with Crippen LogP contribution in [0.25, 0.3) is 5.57 Å². The number of carbonyl (C=O) groups is 2. The van der Waals surface area contributed by atoms with E-state index in [4.69, 9.17) is 4.74 Å². The van der Waals surface area contributed by atoms with Gasteiger partial charge in [0.2, 0.25) is 0 Å². The molecule has 0 amide bonds. The average Bonchev–Trinajstić information content (AvgIpc) is 3.26. The monoisotopic (exact) mass is 388 g/mol. The summed E-state index contributed by atoms with van der Waals surface area (Å²) in [6.07, 6.45) is 1.95. The number of fused-ring (bicyclic) bond motifs is 3. The molecule has 138 valence electrons. The van der Waals surface area contributed by atoms with Crippen LogP contribution in [0.3, 0.4) is 0 Å². The summed E-state index contributed by atoms with van der Waals surface area (Å²) in [4.78, 5) is 25.8. The van der Waals surface area contributed by atoms with Crippen molar-refractivity contribution in [3.05, 3.63) is 41.0 Å². The number of Topliss-reactive ketones (excluding diaryl/α,β-unsaturated/α-hetero) is 1. The van der Waals surface area contributed by atoms with Gasteiger partial charge in [0, 0.05) is 28.9 Å². The van der Waals surface area contributed by atoms with Gasteiger partial charge in [0.25, 0.3) is 0 Å². The standard InChI is InChI=1S/C21H24O3S2/c1-3-14-16(12-18(22)24-4-2)21(25-9-10-26-21)17-11-13-7-5-6-8-15(13)19(17)20(14)23/h5-8,14,16H,3-4,9-12H2,1-2H3/t14-,16-/m0/s1. The SMILES string of the molecule is CCOC(=O)C[C@H]1[C@H](CC)C(=O)C2=C(Cc3ccccc32)C12SCCS2. The highest BCUT2D eigenvalue weighted by Crippen LogP contribution is 2.63. The van der Waals surface area contributed by atoms with Crippen LogP contribution in [0.15, 0.2) is 29.8 Å². The van der Waals surface area contributed by atoms with Crippen molar-refractivity contribution in [1.82, 2.24) is 0 Å². The first-order valence-corrected chi connectivity index (χ1v) is 11.4. The molecule has 1 spiro atoms. The molecule has 1 aromatic carbocycles. The molecule has 0 saturated carbocycles. The minimum atomic E-state index is -0.171. The lowest BCUT2D eigenvalue weighted by molar-refractivity contribution is -0.145. The Labute approximate surface area is 163 Å². The van der Waals surface area contributed by atoms with Gasteiger partial charge in [0.1, 0.15) is 0 Å². The van der Waals surface area contributed by atoms with Crippen LogP contribution in [-0.2, 0) is 20.7 Å². The number of rotatable bonds is 4. The molecule has 0 unspecified atom stereocenters. The van der Waals surface area contributed by atoms with Crippen LogP contribution >= 0.6 is 23.5 Å². The lowest BCUT2D eigenvalue weighted by Crippen LogP contribution is -2.45. The number of ether oxygens (including phenoxy) is 1. The number of carbonyl (C=O) groups excluding carboxylic acids is 2. The van der Waals surface area contributed by atoms with Crippen LogP contribution in [0.5, 0.6) is 0 Å². The molecule has 1 saturated heterocycles. The Morgan fingerprint density at radius 3 is 2.65 bits per heavy atom. The lowest BCUT2D eigenvalue weighted by Gasteiger charge is -2.45. The molecule has 1 aliphatic heterocycles. The summed E-state index contributed by atoms with van der Waals surface area (Å²) in [7, 11) is 0. The van der Waals surface area contributed by atoms with Gasteiger partial charge in [-0.25, -0.2) is 0 Å². The summed E-state index contributed by atoms with van der Waals surface area (Å²) in [5, 5.41) is 0. The first-order chi connectivity index (χ1) is 12.6. The van der Waals surface area contributed by atoms with Crippen LogP contribution in [0.1, 0.15) is 37.8 Å². The zero-order valence-electron chi connectivity index (χ0n) is 15.2. The van der Waals surface area contributed by atoms with E-state index in [-0.39, 0.29) is 27.7 Å². The molecule has 26 heavy (non-hydrogen) atoms. The summed E-state index contributed by atoms with van der Waals surface area (Å²) < 4.78 is 5.11. The van der Waals surface area contributed by atoms with Gasteiger partial charge < -0.3 is 4.74 Å². The summed E-state index contributed by atoms with van der Waals surface area (Å²) in [5.74, 6) is 2.12. The minimum Gasteiger partial charge on any atom is -0.466 e. The van der Waals surface area contributed by atoms with Crippen molar-refractivity contribution in [3.8, 4) is 0 Å². The molecule has 1 aromatic rings. The fourth-order valence-electron chi connectivity index (χ4n) is 4.76. The highest BCUT2D eigenvalue weighted by Gasteiger charge is 2.57. The molecule has 0 radical (unpaired) electrons. The van der Waals surface area contributed by atoms with Gasteiger partial charge in [-0.15, -0.1) is 23.5 Å². The van der Waals surface area contributed by atoms with Gasteiger partial charge >= 0.3 is 5.97 Å². The fraction of sp³-hybridized carbons (Fsp3) is 0.524. The quantitative estimate of drug-likeness (QED) is 0.718. The number of allylic oxidation sites excluding steroid dienone is 1. The van der Waals surface area contributed by atoms with Crippen LogP contribution < -0.4 is 0 Å². The first kappa shape index (κ1) is 18.2. The highest BCUT2D eigenvalue weighted by atomic mass is 32.2. The number of hydrogen-bond acceptors (Lipinski definition) is 5. The molecule has 3 aliphatic rings. The van der Waals surface area contributed by atoms with Crippen molar-refractivity contribution in [3.63, 3.8) is 0 Å². The minimum absolute atomic E-state index is 0.0182. The molecule has 2 aliphatic carbocycles. The van der Waals surface area contributed by atoms with E-state index in [1.807, 2.05) is 36.5 Å². The van der Waals surface area contributed by atoms with Crippen molar-refractivity contribution in [2.45, 2.75) is 37.2 Å². The third-order valence-corrected chi connectivity index (χ3v) is 9.52. The molecule has 0 N–H and O–H groups in total. The second-order valence-corrected chi connectivity index (χ2v) is 9.99. The van der Waals surface area contributed by atoms with Gasteiger partial charge in [-0.3, -0.25) is 9.59 Å². The average molecular weight is 389 g/mol. The maximum Gasteiger partial charge on any atom is 0.306 e. The summed E-state index contributed by atoms with van der Waals surface area (Å²) >= 11 is 3.89. The van der Waals surface area contributed by atoms with Gasteiger partial charge in [0.05, 0.1) is 17.1 Å². The molecule has 0 aromatic heterocycles. The summed E-state index contributed by atoms with van der Waals surface area (Å²) in [6, 6.07) is 8.30. The Morgan fingerprint density at radius 1 is 1.23 bits per heavy atom. The Hall–Kier alpha value is -1.20. The molecule has 4 rings (SSSR count). The van der Waals surface area contributed by atoms with Crippen LogP contribution in [0, 0.1) is 11.8 Å². The number of thioether (sulfide) groups is 2. The van der Waals surface area contributed by atoms with Crippen molar-refractivity contribution >= 4 is 40.8 Å². The Bertz CT molecular complexity index is 777. The zero-order chi connectivity index (χ0) is 18.3. The van der Waals surface area contributed by atoms with Crippen molar-refractivity contribution < 1.29 is 14.3 Å². The van der Waals surface area contributed by atoms with Crippen molar-refractivity contribution in [2.24, 2.45) is 11.8 Å². The smallest absolute Gasteiger partial charge is 0.306 e. The number of benzene rings is 1. The summed E-state index contributed by atoms with van der Waals surface area (Å²) in [6.45, 7) is 4.30. The second-order valence-electron chi connectivity index (χ2n) is 7.05. The normalized spacial score (nSPS) is 26.2. The Morgan fingerprint density at radius 2 is 1.96 bits per heavy atom. The topological polar surface area (TPSA) is 43.4 Å². The van der Waals surface area contributed by atoms with Crippen LogP contribution in [-0.4, -0.2) is 33.9 Å².